The lowest BCUT2D eigenvalue weighted by atomic mass is 10.3. The summed E-state index contributed by atoms with van der Waals surface area (Å²) in [5.41, 5.74) is 10.9. The van der Waals surface area contributed by atoms with Crippen molar-refractivity contribution in [1.29, 1.82) is 0 Å². The van der Waals surface area contributed by atoms with Crippen molar-refractivity contribution in [3.8, 4) is 0 Å². The molecule has 0 saturated heterocycles. The maximum atomic E-state index is 5.57. The Kier molecular flexibility index (Phi) is 10.8. The second-order valence-corrected chi connectivity index (χ2v) is 3.39. The molecule has 0 amide bonds. The topological polar surface area (TPSA) is 70.5 Å². The van der Waals surface area contributed by atoms with E-state index in [9.17, 15) is 0 Å². The van der Waals surface area contributed by atoms with Gasteiger partial charge in [0.15, 0.2) is 0 Å². The zero-order valence-corrected chi connectivity index (χ0v) is 9.21. The van der Waals surface area contributed by atoms with E-state index in [1.165, 1.54) is 6.42 Å². The predicted molar refractivity (Wildman–Crippen MR) is 58.2 cm³/mol. The highest BCUT2D eigenvalue weighted by Gasteiger charge is 1.98. The standard InChI is InChI=1S/C10H24N2O2/c1-2-3-5-13-6-4-7-14-9-10(12)8-11/h10H,2-9,11-12H2,1H3. The minimum Gasteiger partial charge on any atom is -0.381 e. The highest BCUT2D eigenvalue weighted by Crippen LogP contribution is 1.90. The molecule has 4 nitrogen and oxygen atoms in total. The minimum atomic E-state index is -0.0315. The zero-order chi connectivity index (χ0) is 10.6. The molecule has 0 saturated carbocycles. The highest BCUT2D eigenvalue weighted by molar-refractivity contribution is 4.58. The Hall–Kier alpha value is -0.160. The molecule has 0 aliphatic rings. The van der Waals surface area contributed by atoms with Gasteiger partial charge in [-0.2, -0.15) is 0 Å². The Morgan fingerprint density at radius 2 is 1.71 bits per heavy atom. The zero-order valence-electron chi connectivity index (χ0n) is 9.21. The molecule has 4 heteroatoms. The molecule has 1 unspecified atom stereocenters. The normalized spacial score (nSPS) is 13.1. The van der Waals surface area contributed by atoms with Crippen LogP contribution in [0.15, 0.2) is 0 Å². The molecule has 0 aliphatic carbocycles. The van der Waals surface area contributed by atoms with E-state index >= 15 is 0 Å². The van der Waals surface area contributed by atoms with Crippen LogP contribution in [0, 0.1) is 0 Å². The van der Waals surface area contributed by atoms with Gasteiger partial charge in [-0.25, -0.2) is 0 Å². The van der Waals surface area contributed by atoms with Gasteiger partial charge in [-0.15, -0.1) is 0 Å². The fourth-order valence-corrected chi connectivity index (χ4v) is 0.914. The molecular weight excluding hydrogens is 180 g/mol. The van der Waals surface area contributed by atoms with Crippen LogP contribution in [0.2, 0.25) is 0 Å². The first-order chi connectivity index (χ1) is 6.81. The van der Waals surface area contributed by atoms with E-state index in [-0.39, 0.29) is 6.04 Å². The van der Waals surface area contributed by atoms with Crippen LogP contribution in [0.25, 0.3) is 0 Å². The van der Waals surface area contributed by atoms with Gasteiger partial charge in [0.1, 0.15) is 0 Å². The van der Waals surface area contributed by atoms with Crippen molar-refractivity contribution >= 4 is 0 Å². The Morgan fingerprint density at radius 3 is 2.36 bits per heavy atom. The molecule has 1 atom stereocenters. The highest BCUT2D eigenvalue weighted by atomic mass is 16.5. The summed E-state index contributed by atoms with van der Waals surface area (Å²) >= 11 is 0. The lowest BCUT2D eigenvalue weighted by Crippen LogP contribution is -2.34. The van der Waals surface area contributed by atoms with Gasteiger partial charge in [0.2, 0.25) is 0 Å². The molecule has 0 spiro atoms. The van der Waals surface area contributed by atoms with Crippen LogP contribution in [0.5, 0.6) is 0 Å². The van der Waals surface area contributed by atoms with E-state index in [0.29, 0.717) is 19.8 Å². The maximum absolute atomic E-state index is 5.57. The Labute approximate surface area is 86.9 Å². The number of rotatable bonds is 10. The van der Waals surface area contributed by atoms with E-state index in [4.69, 9.17) is 20.9 Å². The van der Waals surface area contributed by atoms with Crippen LogP contribution in [0.1, 0.15) is 26.2 Å². The first-order valence-electron chi connectivity index (χ1n) is 5.42. The largest absolute Gasteiger partial charge is 0.381 e. The van der Waals surface area contributed by atoms with Gasteiger partial charge in [-0.05, 0) is 12.8 Å². The fourth-order valence-electron chi connectivity index (χ4n) is 0.914. The first kappa shape index (κ1) is 13.8. The molecule has 86 valence electrons. The van der Waals surface area contributed by atoms with Crippen LogP contribution in [0.4, 0.5) is 0 Å². The summed E-state index contributed by atoms with van der Waals surface area (Å²) in [6.45, 7) is 5.52. The van der Waals surface area contributed by atoms with Gasteiger partial charge in [-0.3, -0.25) is 0 Å². The lowest BCUT2D eigenvalue weighted by molar-refractivity contribution is 0.0768. The number of hydrogen-bond donors (Lipinski definition) is 2. The monoisotopic (exact) mass is 204 g/mol. The van der Waals surface area contributed by atoms with Crippen molar-refractivity contribution in [1.82, 2.24) is 0 Å². The van der Waals surface area contributed by atoms with E-state index < -0.39 is 0 Å². The minimum absolute atomic E-state index is 0.0315. The molecule has 0 aliphatic heterocycles. The van der Waals surface area contributed by atoms with E-state index in [1.807, 2.05) is 0 Å². The average Bonchev–Trinajstić information content (AvgIpc) is 2.21. The third kappa shape index (κ3) is 9.92. The number of hydrogen-bond acceptors (Lipinski definition) is 4. The Balaban J connectivity index is 2.92. The second kappa shape index (κ2) is 10.9. The molecule has 0 heterocycles. The third-order valence-electron chi connectivity index (χ3n) is 1.85. The molecule has 4 N–H and O–H groups in total. The Bertz CT molecular complexity index is 112. The summed E-state index contributed by atoms with van der Waals surface area (Å²) in [7, 11) is 0. The maximum Gasteiger partial charge on any atom is 0.0629 e. The summed E-state index contributed by atoms with van der Waals surface area (Å²) in [5.74, 6) is 0. The second-order valence-electron chi connectivity index (χ2n) is 3.39. The number of unbranched alkanes of at least 4 members (excludes halogenated alkanes) is 1. The molecule has 0 fully saturated rings. The number of ether oxygens (including phenoxy) is 2. The van der Waals surface area contributed by atoms with Crippen molar-refractivity contribution in [3.63, 3.8) is 0 Å². The third-order valence-corrected chi connectivity index (χ3v) is 1.85. The van der Waals surface area contributed by atoms with Crippen LogP contribution in [-0.2, 0) is 9.47 Å². The Morgan fingerprint density at radius 1 is 1.07 bits per heavy atom. The molecule has 0 radical (unpaired) electrons. The van der Waals surface area contributed by atoms with Gasteiger partial charge in [0.05, 0.1) is 6.61 Å². The molecule has 14 heavy (non-hydrogen) atoms. The predicted octanol–water partition coefficient (Wildman–Crippen LogP) is 0.496. The van der Waals surface area contributed by atoms with Crippen molar-refractivity contribution in [2.45, 2.75) is 32.2 Å². The van der Waals surface area contributed by atoms with Crippen molar-refractivity contribution in [3.05, 3.63) is 0 Å². The summed E-state index contributed by atoms with van der Waals surface area (Å²) < 4.78 is 10.7. The van der Waals surface area contributed by atoms with Crippen LogP contribution < -0.4 is 11.5 Å². The van der Waals surface area contributed by atoms with Crippen molar-refractivity contribution < 1.29 is 9.47 Å². The van der Waals surface area contributed by atoms with Crippen LogP contribution >= 0.6 is 0 Å². The van der Waals surface area contributed by atoms with Gasteiger partial charge in [0.25, 0.3) is 0 Å². The summed E-state index contributed by atoms with van der Waals surface area (Å²) in [6.07, 6.45) is 3.25. The summed E-state index contributed by atoms with van der Waals surface area (Å²) in [5, 5.41) is 0. The van der Waals surface area contributed by atoms with Crippen molar-refractivity contribution in [2.75, 3.05) is 33.0 Å². The molecule has 0 rings (SSSR count). The quantitative estimate of drug-likeness (QED) is 0.508. The number of nitrogens with two attached hydrogens (primary N) is 2. The SMILES string of the molecule is CCCCOCCCOCC(N)CN. The van der Waals surface area contributed by atoms with E-state index in [1.54, 1.807) is 0 Å². The molecule has 0 aromatic heterocycles. The van der Waals surface area contributed by atoms with Crippen LogP contribution in [0.3, 0.4) is 0 Å². The van der Waals surface area contributed by atoms with Gasteiger partial charge < -0.3 is 20.9 Å². The van der Waals surface area contributed by atoms with Gasteiger partial charge in [0, 0.05) is 32.4 Å². The molecule has 0 aromatic rings. The summed E-state index contributed by atoms with van der Waals surface area (Å²) in [6, 6.07) is -0.0315. The van der Waals surface area contributed by atoms with Gasteiger partial charge in [-0.1, -0.05) is 13.3 Å². The van der Waals surface area contributed by atoms with Gasteiger partial charge >= 0.3 is 0 Å². The first-order valence-corrected chi connectivity index (χ1v) is 5.42. The smallest absolute Gasteiger partial charge is 0.0629 e. The molecule has 0 bridgehead atoms. The average molecular weight is 204 g/mol. The lowest BCUT2D eigenvalue weighted by Gasteiger charge is -2.09. The van der Waals surface area contributed by atoms with Crippen LogP contribution in [-0.4, -0.2) is 39.0 Å². The molecule has 0 aromatic carbocycles. The summed E-state index contributed by atoms with van der Waals surface area (Å²) in [4.78, 5) is 0. The fraction of sp³-hybridized carbons (Fsp3) is 1.00. The van der Waals surface area contributed by atoms with E-state index in [2.05, 4.69) is 6.92 Å². The van der Waals surface area contributed by atoms with E-state index in [0.717, 1.165) is 26.1 Å². The van der Waals surface area contributed by atoms with Crippen molar-refractivity contribution in [2.24, 2.45) is 11.5 Å². The molecular formula is C10H24N2O2.